The fraction of sp³-hybridized carbons (Fsp3) is 0.412. The molecule has 1 aromatic heterocycles. The van der Waals surface area contributed by atoms with Gasteiger partial charge in [-0.15, -0.1) is 11.3 Å². The lowest BCUT2D eigenvalue weighted by atomic mass is 10.1. The Labute approximate surface area is 159 Å². The maximum Gasteiger partial charge on any atom is 0.434 e. The minimum absolute atomic E-state index is 0.115. The van der Waals surface area contributed by atoms with Gasteiger partial charge in [-0.2, -0.15) is 13.2 Å². The predicted octanol–water partition coefficient (Wildman–Crippen LogP) is 3.27. The number of aromatic nitrogens is 1. The van der Waals surface area contributed by atoms with Crippen molar-refractivity contribution in [1.82, 2.24) is 20.5 Å². The fourth-order valence-electron chi connectivity index (χ4n) is 2.41. The van der Waals surface area contributed by atoms with Gasteiger partial charge in [0, 0.05) is 19.0 Å². The average Bonchev–Trinajstić information content (AvgIpc) is 3.07. The van der Waals surface area contributed by atoms with E-state index in [0.29, 0.717) is 17.5 Å². The summed E-state index contributed by atoms with van der Waals surface area (Å²) in [6, 6.07) is 6.22. The van der Waals surface area contributed by atoms with Crippen LogP contribution >= 0.6 is 11.3 Å². The van der Waals surface area contributed by atoms with Gasteiger partial charge in [-0.1, -0.05) is 12.1 Å². The van der Waals surface area contributed by atoms with E-state index in [4.69, 9.17) is 0 Å². The van der Waals surface area contributed by atoms with Gasteiger partial charge >= 0.3 is 6.18 Å². The lowest BCUT2D eigenvalue weighted by molar-refractivity contribution is -0.140. The first-order valence-corrected chi connectivity index (χ1v) is 8.96. The Morgan fingerprint density at radius 3 is 2.59 bits per heavy atom. The molecule has 1 aromatic carbocycles. The molecule has 1 atom stereocenters. The summed E-state index contributed by atoms with van der Waals surface area (Å²) in [7, 11) is 5.31. The number of hydrogen-bond donors (Lipinski definition) is 2. The van der Waals surface area contributed by atoms with Gasteiger partial charge in [0.15, 0.2) is 11.7 Å². The summed E-state index contributed by atoms with van der Waals surface area (Å²) in [4.78, 5) is 9.56. The van der Waals surface area contributed by atoms with Crippen LogP contribution in [-0.2, 0) is 12.7 Å². The van der Waals surface area contributed by atoms with E-state index >= 15 is 0 Å². The zero-order valence-corrected chi connectivity index (χ0v) is 16.0. The van der Waals surface area contributed by atoms with Gasteiger partial charge in [0.1, 0.15) is 10.8 Å². The number of aliphatic imine (C=N–C) groups is 1. The molecule has 10 heteroatoms. The molecule has 0 saturated heterocycles. The highest BCUT2D eigenvalue weighted by Gasteiger charge is 2.33. The summed E-state index contributed by atoms with van der Waals surface area (Å²) in [6.45, 7) is 0.550. The monoisotopic (exact) mass is 403 g/mol. The summed E-state index contributed by atoms with van der Waals surface area (Å²) in [5.41, 5.74) is -0.0938. The Morgan fingerprint density at radius 2 is 2.04 bits per heavy atom. The second-order valence-electron chi connectivity index (χ2n) is 5.97. The summed E-state index contributed by atoms with van der Waals surface area (Å²) in [6.07, 6.45) is -4.45. The van der Waals surface area contributed by atoms with Crippen LogP contribution in [0.2, 0.25) is 0 Å². The van der Waals surface area contributed by atoms with Crippen LogP contribution in [0.5, 0.6) is 0 Å². The van der Waals surface area contributed by atoms with Crippen LogP contribution in [-0.4, -0.2) is 43.5 Å². The van der Waals surface area contributed by atoms with Crippen molar-refractivity contribution >= 4 is 17.3 Å². The summed E-state index contributed by atoms with van der Waals surface area (Å²) in [5, 5.41) is 7.33. The number of nitrogens with one attached hydrogen (secondary N) is 2. The number of nitrogens with zero attached hydrogens (tertiary/aromatic N) is 3. The number of likely N-dealkylation sites (N-methyl/N-ethyl adjacent to an activating group) is 1. The number of rotatable bonds is 6. The smallest absolute Gasteiger partial charge is 0.354 e. The highest BCUT2D eigenvalue weighted by molar-refractivity contribution is 7.09. The normalized spacial score (nSPS) is 13.7. The van der Waals surface area contributed by atoms with Crippen molar-refractivity contribution in [2.24, 2.45) is 4.99 Å². The molecule has 0 bridgehead atoms. The molecule has 5 nitrogen and oxygen atoms in total. The second kappa shape index (κ2) is 9.14. The topological polar surface area (TPSA) is 52.6 Å². The Hall–Kier alpha value is -2.20. The summed E-state index contributed by atoms with van der Waals surface area (Å²) in [5.74, 6) is 0.105. The average molecular weight is 403 g/mol. The minimum atomic E-state index is -4.45. The standard InChI is InChI=1S/C17H21F4N5S/c1-22-16(24-9-15-25-14(10-27-15)17(19,20)21)23-8-13(26(2)3)11-5-4-6-12(18)7-11/h4-7,10,13H,8-9H2,1-3H3,(H2,22,23,24). The van der Waals surface area contributed by atoms with Crippen molar-refractivity contribution in [1.29, 1.82) is 0 Å². The van der Waals surface area contributed by atoms with E-state index in [1.54, 1.807) is 13.1 Å². The Morgan fingerprint density at radius 1 is 1.30 bits per heavy atom. The molecule has 0 aliphatic rings. The van der Waals surface area contributed by atoms with Gasteiger partial charge in [0.25, 0.3) is 0 Å². The molecule has 0 amide bonds. The SMILES string of the molecule is CN=C(NCc1nc(C(F)(F)F)cs1)NCC(c1cccc(F)c1)N(C)C. The Balaban J connectivity index is 1.95. The van der Waals surface area contributed by atoms with Gasteiger partial charge in [-0.05, 0) is 31.8 Å². The highest BCUT2D eigenvalue weighted by Crippen LogP contribution is 2.29. The van der Waals surface area contributed by atoms with Gasteiger partial charge in [0.05, 0.1) is 12.6 Å². The van der Waals surface area contributed by atoms with E-state index in [2.05, 4.69) is 20.6 Å². The largest absolute Gasteiger partial charge is 0.434 e. The van der Waals surface area contributed by atoms with Crippen LogP contribution in [0.25, 0.3) is 0 Å². The van der Waals surface area contributed by atoms with Gasteiger partial charge in [-0.25, -0.2) is 9.37 Å². The number of thiazole rings is 1. The Kier molecular flexibility index (Phi) is 7.14. The van der Waals surface area contributed by atoms with Crippen molar-refractivity contribution in [2.75, 3.05) is 27.7 Å². The number of hydrogen-bond acceptors (Lipinski definition) is 4. The van der Waals surface area contributed by atoms with Crippen molar-refractivity contribution in [3.63, 3.8) is 0 Å². The van der Waals surface area contributed by atoms with Crippen LogP contribution in [0.3, 0.4) is 0 Å². The molecule has 0 saturated carbocycles. The molecule has 0 spiro atoms. The van der Waals surface area contributed by atoms with Crippen molar-refractivity contribution in [3.8, 4) is 0 Å². The second-order valence-corrected chi connectivity index (χ2v) is 6.91. The number of benzene rings is 1. The molecular weight excluding hydrogens is 382 g/mol. The molecule has 2 rings (SSSR count). The highest BCUT2D eigenvalue weighted by atomic mass is 32.1. The maximum absolute atomic E-state index is 13.5. The van der Waals surface area contributed by atoms with Gasteiger partial charge in [-0.3, -0.25) is 4.99 Å². The molecule has 0 aliphatic carbocycles. The lowest BCUT2D eigenvalue weighted by Crippen LogP contribution is -2.41. The molecule has 2 aromatic rings. The summed E-state index contributed by atoms with van der Waals surface area (Å²) >= 11 is 0.930. The molecule has 148 valence electrons. The first-order chi connectivity index (χ1) is 12.7. The molecular formula is C17H21F4N5S. The number of alkyl halides is 3. The van der Waals surface area contributed by atoms with Crippen LogP contribution in [0.15, 0.2) is 34.6 Å². The number of guanidine groups is 1. The van der Waals surface area contributed by atoms with Crippen LogP contribution in [0.1, 0.15) is 22.3 Å². The fourth-order valence-corrected chi connectivity index (χ4v) is 3.15. The van der Waals surface area contributed by atoms with Crippen LogP contribution < -0.4 is 10.6 Å². The van der Waals surface area contributed by atoms with Crippen molar-refractivity contribution in [2.45, 2.75) is 18.8 Å². The summed E-state index contributed by atoms with van der Waals surface area (Å²) < 4.78 is 51.3. The van der Waals surface area contributed by atoms with Gasteiger partial charge < -0.3 is 15.5 Å². The molecule has 0 radical (unpaired) electrons. The molecule has 27 heavy (non-hydrogen) atoms. The molecule has 2 N–H and O–H groups in total. The Bertz CT molecular complexity index is 773. The van der Waals surface area contributed by atoms with E-state index < -0.39 is 11.9 Å². The number of halogens is 4. The minimum Gasteiger partial charge on any atom is -0.354 e. The van der Waals surface area contributed by atoms with E-state index in [1.165, 1.54) is 12.1 Å². The van der Waals surface area contributed by atoms with Crippen molar-refractivity contribution in [3.05, 3.63) is 51.7 Å². The first-order valence-electron chi connectivity index (χ1n) is 8.08. The molecule has 0 aliphatic heterocycles. The third kappa shape index (κ3) is 6.17. The molecule has 1 unspecified atom stereocenters. The van der Waals surface area contributed by atoms with Crippen LogP contribution in [0, 0.1) is 5.82 Å². The van der Waals surface area contributed by atoms with E-state index in [9.17, 15) is 17.6 Å². The third-order valence-corrected chi connectivity index (χ3v) is 4.64. The van der Waals surface area contributed by atoms with E-state index in [-0.39, 0.29) is 18.4 Å². The zero-order valence-electron chi connectivity index (χ0n) is 15.1. The third-order valence-electron chi connectivity index (χ3n) is 3.79. The predicted molar refractivity (Wildman–Crippen MR) is 98.1 cm³/mol. The van der Waals surface area contributed by atoms with E-state index in [0.717, 1.165) is 22.3 Å². The van der Waals surface area contributed by atoms with E-state index in [1.807, 2.05) is 25.1 Å². The van der Waals surface area contributed by atoms with Gasteiger partial charge in [0.2, 0.25) is 0 Å². The quantitative estimate of drug-likeness (QED) is 0.442. The van der Waals surface area contributed by atoms with Crippen molar-refractivity contribution < 1.29 is 17.6 Å². The first kappa shape index (κ1) is 21.1. The molecule has 1 heterocycles. The maximum atomic E-state index is 13.5. The lowest BCUT2D eigenvalue weighted by Gasteiger charge is -2.26. The van der Waals surface area contributed by atoms with Crippen LogP contribution in [0.4, 0.5) is 17.6 Å². The zero-order chi connectivity index (χ0) is 20.0. The molecule has 0 fully saturated rings.